The smallest absolute Gasteiger partial charge is 0.331 e. The zero-order valence-corrected chi connectivity index (χ0v) is 12.6. The summed E-state index contributed by atoms with van der Waals surface area (Å²) in [7, 11) is 0. The Hall–Kier alpha value is -2.01. The Morgan fingerprint density at radius 2 is 2.10 bits per heavy atom. The molecule has 0 amide bonds. The number of nitrogens with one attached hydrogen (secondary N) is 1. The molecule has 0 radical (unpaired) electrons. The molecule has 2 aromatic rings. The van der Waals surface area contributed by atoms with E-state index in [0.29, 0.717) is 17.1 Å². The number of aromatic amines is 1. The summed E-state index contributed by atoms with van der Waals surface area (Å²) in [5.41, 5.74) is -0.705. The van der Waals surface area contributed by atoms with E-state index < -0.39 is 11.2 Å². The van der Waals surface area contributed by atoms with Crippen molar-refractivity contribution in [1.82, 2.24) is 9.55 Å². The van der Waals surface area contributed by atoms with Crippen molar-refractivity contribution < 1.29 is 5.11 Å². The van der Waals surface area contributed by atoms with Gasteiger partial charge < -0.3 is 5.11 Å². The van der Waals surface area contributed by atoms with E-state index in [1.54, 1.807) is 24.3 Å². The third-order valence-corrected chi connectivity index (χ3v) is 3.71. The minimum absolute atomic E-state index is 0.0559. The molecule has 0 aliphatic carbocycles. The van der Waals surface area contributed by atoms with E-state index in [-0.39, 0.29) is 17.4 Å². The number of benzene rings is 1. The summed E-state index contributed by atoms with van der Waals surface area (Å²) in [4.78, 5) is 26.1. The molecule has 0 aliphatic rings. The van der Waals surface area contributed by atoms with Gasteiger partial charge in [-0.2, -0.15) is 0 Å². The zero-order chi connectivity index (χ0) is 15.6. The second kappa shape index (κ2) is 6.18. The lowest BCUT2D eigenvalue weighted by atomic mass is 10.1. The number of nitrogens with zero attached hydrogens (tertiary/aromatic N) is 1. The van der Waals surface area contributed by atoms with Crippen LogP contribution in [0.25, 0.3) is 11.1 Å². The second-order valence-corrected chi connectivity index (χ2v) is 5.53. The first kappa shape index (κ1) is 15.4. The lowest BCUT2D eigenvalue weighted by molar-refractivity contribution is 0.366. The van der Waals surface area contributed by atoms with Crippen LogP contribution in [-0.4, -0.2) is 14.7 Å². The van der Waals surface area contributed by atoms with Gasteiger partial charge in [0.2, 0.25) is 5.88 Å². The van der Waals surface area contributed by atoms with Crippen molar-refractivity contribution >= 4 is 11.6 Å². The molecule has 0 fully saturated rings. The fourth-order valence-electron chi connectivity index (χ4n) is 2.07. The molecule has 112 valence electrons. The van der Waals surface area contributed by atoms with Crippen LogP contribution in [0.2, 0.25) is 5.02 Å². The number of H-pyrrole nitrogens is 1. The average Bonchev–Trinajstić information content (AvgIpc) is 2.43. The van der Waals surface area contributed by atoms with Gasteiger partial charge in [-0.15, -0.1) is 0 Å². The maximum absolute atomic E-state index is 12.0. The Bertz CT molecular complexity index is 764. The Morgan fingerprint density at radius 3 is 2.71 bits per heavy atom. The van der Waals surface area contributed by atoms with Crippen molar-refractivity contribution in [3.05, 3.63) is 50.1 Å². The van der Waals surface area contributed by atoms with Crippen molar-refractivity contribution in [1.29, 1.82) is 0 Å². The third kappa shape index (κ3) is 3.19. The number of aromatic hydroxyl groups is 1. The van der Waals surface area contributed by atoms with Crippen LogP contribution >= 0.6 is 11.6 Å². The summed E-state index contributed by atoms with van der Waals surface area (Å²) in [5.74, 6) is -0.127. The molecule has 0 saturated heterocycles. The third-order valence-electron chi connectivity index (χ3n) is 3.48. The van der Waals surface area contributed by atoms with E-state index in [2.05, 4.69) is 4.98 Å². The van der Waals surface area contributed by atoms with Crippen molar-refractivity contribution in [2.75, 3.05) is 0 Å². The molecule has 0 aliphatic heterocycles. The predicted octanol–water partition coefficient (Wildman–Crippen LogP) is 2.61. The number of rotatable bonds is 4. The predicted molar refractivity (Wildman–Crippen MR) is 82.9 cm³/mol. The summed E-state index contributed by atoms with van der Waals surface area (Å²) >= 11 is 5.91. The lowest BCUT2D eigenvalue weighted by Gasteiger charge is -2.14. The van der Waals surface area contributed by atoms with Crippen molar-refractivity contribution in [3.63, 3.8) is 0 Å². The van der Waals surface area contributed by atoms with Gasteiger partial charge in [0.05, 0.1) is 0 Å². The van der Waals surface area contributed by atoms with Gasteiger partial charge in [-0.1, -0.05) is 44.0 Å². The topological polar surface area (TPSA) is 75.1 Å². The summed E-state index contributed by atoms with van der Waals surface area (Å²) in [5, 5.41) is 10.8. The molecule has 1 heterocycles. The van der Waals surface area contributed by atoms with Crippen LogP contribution in [0, 0.1) is 5.92 Å². The van der Waals surface area contributed by atoms with Gasteiger partial charge in [0, 0.05) is 11.6 Å². The minimum atomic E-state index is -0.625. The van der Waals surface area contributed by atoms with Crippen LogP contribution in [-0.2, 0) is 6.54 Å². The molecular weight excluding hydrogens is 292 g/mol. The van der Waals surface area contributed by atoms with Gasteiger partial charge >= 0.3 is 5.69 Å². The van der Waals surface area contributed by atoms with Crippen LogP contribution in [0.4, 0.5) is 0 Å². The Labute approximate surface area is 126 Å². The maximum Gasteiger partial charge on any atom is 0.331 e. The molecule has 1 unspecified atom stereocenters. The molecule has 1 aromatic heterocycles. The Morgan fingerprint density at radius 1 is 1.38 bits per heavy atom. The fourth-order valence-corrected chi connectivity index (χ4v) is 2.26. The SMILES string of the molecule is CCC(C)Cn1c(O)c(-c2cccc(Cl)c2)c(=O)[nH]c1=O. The monoisotopic (exact) mass is 308 g/mol. The summed E-state index contributed by atoms with van der Waals surface area (Å²) < 4.78 is 1.19. The molecule has 0 bridgehead atoms. The molecule has 1 atom stereocenters. The van der Waals surface area contributed by atoms with Crippen molar-refractivity contribution in [2.45, 2.75) is 26.8 Å². The molecule has 21 heavy (non-hydrogen) atoms. The highest BCUT2D eigenvalue weighted by Crippen LogP contribution is 2.26. The number of hydrogen-bond acceptors (Lipinski definition) is 3. The van der Waals surface area contributed by atoms with Gasteiger partial charge in [-0.3, -0.25) is 14.3 Å². The van der Waals surface area contributed by atoms with E-state index in [0.717, 1.165) is 6.42 Å². The molecule has 6 heteroatoms. The van der Waals surface area contributed by atoms with Crippen LogP contribution in [0.15, 0.2) is 33.9 Å². The molecule has 0 saturated carbocycles. The quantitative estimate of drug-likeness (QED) is 0.911. The highest BCUT2D eigenvalue weighted by Gasteiger charge is 2.17. The second-order valence-electron chi connectivity index (χ2n) is 5.09. The summed E-state index contributed by atoms with van der Waals surface area (Å²) in [6.45, 7) is 4.30. The molecule has 5 nitrogen and oxygen atoms in total. The van der Waals surface area contributed by atoms with Crippen LogP contribution in [0.3, 0.4) is 0 Å². The summed E-state index contributed by atoms with van der Waals surface area (Å²) in [6.07, 6.45) is 0.859. The van der Waals surface area contributed by atoms with Crippen LogP contribution < -0.4 is 11.2 Å². The zero-order valence-electron chi connectivity index (χ0n) is 11.9. The number of halogens is 1. The van der Waals surface area contributed by atoms with Crippen LogP contribution in [0.5, 0.6) is 5.88 Å². The van der Waals surface area contributed by atoms with E-state index in [9.17, 15) is 14.7 Å². The Balaban J connectivity index is 2.65. The van der Waals surface area contributed by atoms with Gasteiger partial charge in [0.15, 0.2) is 0 Å². The number of hydrogen-bond donors (Lipinski definition) is 2. The first-order valence-electron chi connectivity index (χ1n) is 6.76. The maximum atomic E-state index is 12.0. The number of aromatic nitrogens is 2. The van der Waals surface area contributed by atoms with Gasteiger partial charge in [0.25, 0.3) is 5.56 Å². The van der Waals surface area contributed by atoms with E-state index in [1.807, 2.05) is 13.8 Å². The highest BCUT2D eigenvalue weighted by atomic mass is 35.5. The first-order chi connectivity index (χ1) is 9.93. The normalized spacial score (nSPS) is 12.3. The van der Waals surface area contributed by atoms with Gasteiger partial charge in [0.1, 0.15) is 5.56 Å². The first-order valence-corrected chi connectivity index (χ1v) is 7.13. The molecule has 2 N–H and O–H groups in total. The highest BCUT2D eigenvalue weighted by molar-refractivity contribution is 6.30. The van der Waals surface area contributed by atoms with Crippen molar-refractivity contribution in [2.24, 2.45) is 5.92 Å². The summed E-state index contributed by atoms with van der Waals surface area (Å²) in [6, 6.07) is 6.59. The van der Waals surface area contributed by atoms with Gasteiger partial charge in [-0.25, -0.2) is 4.79 Å². The average molecular weight is 309 g/mol. The molecule has 2 rings (SSSR count). The molecule has 1 aromatic carbocycles. The van der Waals surface area contributed by atoms with Crippen molar-refractivity contribution in [3.8, 4) is 17.0 Å². The Kier molecular flexibility index (Phi) is 4.53. The standard InChI is InChI=1S/C15H17ClN2O3/c1-3-9(2)8-18-14(20)12(13(19)17-15(18)21)10-5-4-6-11(16)7-10/h4-7,9,20H,3,8H2,1-2H3,(H,17,19,21). The van der Waals surface area contributed by atoms with E-state index in [4.69, 9.17) is 11.6 Å². The van der Waals surface area contributed by atoms with Gasteiger partial charge in [-0.05, 0) is 23.6 Å². The largest absolute Gasteiger partial charge is 0.494 e. The molecule has 0 spiro atoms. The van der Waals surface area contributed by atoms with E-state index in [1.165, 1.54) is 4.57 Å². The lowest BCUT2D eigenvalue weighted by Crippen LogP contribution is -2.32. The molecular formula is C15H17ClN2O3. The minimum Gasteiger partial charge on any atom is -0.494 e. The fraction of sp³-hybridized carbons (Fsp3) is 0.333. The van der Waals surface area contributed by atoms with E-state index >= 15 is 0 Å². The van der Waals surface area contributed by atoms with Crippen LogP contribution in [0.1, 0.15) is 20.3 Å².